The highest BCUT2D eigenvalue weighted by Crippen LogP contribution is 2.19. The molecule has 0 fully saturated rings. The number of urea groups is 1. The Morgan fingerprint density at radius 2 is 1.94 bits per heavy atom. The lowest BCUT2D eigenvalue weighted by Gasteiger charge is -2.27. The lowest BCUT2D eigenvalue weighted by Crippen LogP contribution is -2.52. The van der Waals surface area contributed by atoms with Crippen LogP contribution in [0, 0.1) is 17.3 Å². The summed E-state index contributed by atoms with van der Waals surface area (Å²) in [6.45, 7) is 7.11. The van der Waals surface area contributed by atoms with Crippen molar-refractivity contribution in [3.63, 3.8) is 0 Å². The maximum Gasteiger partial charge on any atom is 0.326 e. The molecule has 0 spiro atoms. The standard InChI is InChI=1S/C11H18N2O3/c1-5-6-7-12-10(16)13-8(9(14)15)11(2,3)4/h8H,7H2,1-4H3,(H,14,15)(H2,12,13,16)/t8-/m1/s1. The van der Waals surface area contributed by atoms with Crippen LogP contribution in [0.3, 0.4) is 0 Å². The van der Waals surface area contributed by atoms with Gasteiger partial charge in [0.25, 0.3) is 0 Å². The van der Waals surface area contributed by atoms with E-state index in [1.165, 1.54) is 0 Å². The fourth-order valence-electron chi connectivity index (χ4n) is 1.04. The summed E-state index contributed by atoms with van der Waals surface area (Å²) >= 11 is 0. The van der Waals surface area contributed by atoms with Crippen LogP contribution in [0.5, 0.6) is 0 Å². The van der Waals surface area contributed by atoms with Crippen molar-refractivity contribution in [3.05, 3.63) is 0 Å². The highest BCUT2D eigenvalue weighted by Gasteiger charge is 2.32. The Morgan fingerprint density at radius 3 is 2.31 bits per heavy atom. The summed E-state index contributed by atoms with van der Waals surface area (Å²) in [5.41, 5.74) is -0.542. The van der Waals surface area contributed by atoms with Crippen LogP contribution >= 0.6 is 0 Å². The lowest BCUT2D eigenvalue weighted by molar-refractivity contribution is -0.141. The predicted octanol–water partition coefficient (Wildman–Crippen LogP) is 0.808. The molecule has 5 nitrogen and oxygen atoms in total. The minimum Gasteiger partial charge on any atom is -0.480 e. The third-order valence-corrected chi connectivity index (χ3v) is 1.90. The molecule has 0 aliphatic rings. The van der Waals surface area contributed by atoms with Gasteiger partial charge in [-0.1, -0.05) is 26.7 Å². The predicted molar refractivity (Wildman–Crippen MR) is 60.9 cm³/mol. The first-order chi connectivity index (χ1) is 7.29. The van der Waals surface area contributed by atoms with E-state index in [1.807, 2.05) is 0 Å². The van der Waals surface area contributed by atoms with Gasteiger partial charge in [0.05, 0.1) is 6.54 Å². The molecule has 0 aromatic rings. The van der Waals surface area contributed by atoms with Crippen LogP contribution in [0.2, 0.25) is 0 Å². The Balaban J connectivity index is 4.35. The largest absolute Gasteiger partial charge is 0.480 e. The molecule has 5 heteroatoms. The van der Waals surface area contributed by atoms with Gasteiger partial charge in [-0.05, 0) is 12.3 Å². The van der Waals surface area contributed by atoms with Crippen LogP contribution in [-0.4, -0.2) is 29.7 Å². The molecule has 16 heavy (non-hydrogen) atoms. The van der Waals surface area contributed by atoms with E-state index in [4.69, 9.17) is 5.11 Å². The van der Waals surface area contributed by atoms with Crippen LogP contribution in [0.25, 0.3) is 0 Å². The molecule has 0 aliphatic heterocycles. The zero-order valence-corrected chi connectivity index (χ0v) is 10.0. The van der Waals surface area contributed by atoms with Gasteiger partial charge in [0.2, 0.25) is 0 Å². The molecule has 0 saturated carbocycles. The first kappa shape index (κ1) is 14.3. The zero-order chi connectivity index (χ0) is 12.8. The summed E-state index contributed by atoms with van der Waals surface area (Å²) < 4.78 is 0. The van der Waals surface area contributed by atoms with Crippen LogP contribution < -0.4 is 10.6 Å². The molecule has 0 heterocycles. The van der Waals surface area contributed by atoms with Crippen molar-refractivity contribution in [1.82, 2.24) is 10.6 Å². The molecule has 0 bridgehead atoms. The van der Waals surface area contributed by atoms with E-state index in [9.17, 15) is 9.59 Å². The van der Waals surface area contributed by atoms with Crippen molar-refractivity contribution in [2.24, 2.45) is 5.41 Å². The Morgan fingerprint density at radius 1 is 1.38 bits per heavy atom. The number of hydrogen-bond donors (Lipinski definition) is 3. The number of carboxylic acids is 1. The number of amides is 2. The van der Waals surface area contributed by atoms with Crippen molar-refractivity contribution in [2.75, 3.05) is 6.54 Å². The maximum absolute atomic E-state index is 11.3. The normalized spacial score (nSPS) is 12.0. The molecule has 3 N–H and O–H groups in total. The van der Waals surface area contributed by atoms with E-state index in [1.54, 1.807) is 27.7 Å². The van der Waals surface area contributed by atoms with Crippen LogP contribution in [0.4, 0.5) is 4.79 Å². The number of carbonyl (C=O) groups is 2. The molecule has 0 unspecified atom stereocenters. The van der Waals surface area contributed by atoms with Gasteiger partial charge in [-0.15, -0.1) is 5.92 Å². The van der Waals surface area contributed by atoms with E-state index in [2.05, 4.69) is 22.5 Å². The average Bonchev–Trinajstić information content (AvgIpc) is 2.12. The Kier molecular flexibility index (Phi) is 5.37. The smallest absolute Gasteiger partial charge is 0.326 e. The summed E-state index contributed by atoms with van der Waals surface area (Å²) in [7, 11) is 0. The monoisotopic (exact) mass is 226 g/mol. The third-order valence-electron chi connectivity index (χ3n) is 1.90. The minimum atomic E-state index is -1.05. The van der Waals surface area contributed by atoms with Gasteiger partial charge in [-0.3, -0.25) is 0 Å². The van der Waals surface area contributed by atoms with E-state index in [0.29, 0.717) is 0 Å². The van der Waals surface area contributed by atoms with Crippen LogP contribution in [0.1, 0.15) is 27.7 Å². The van der Waals surface area contributed by atoms with Gasteiger partial charge in [-0.25, -0.2) is 9.59 Å². The second kappa shape index (κ2) is 6.01. The Labute approximate surface area is 95.6 Å². The molecular formula is C11H18N2O3. The number of carbonyl (C=O) groups excluding carboxylic acids is 1. The summed E-state index contributed by atoms with van der Waals surface area (Å²) in [4.78, 5) is 22.3. The van der Waals surface area contributed by atoms with Crippen LogP contribution in [0.15, 0.2) is 0 Å². The van der Waals surface area contributed by atoms with Gasteiger partial charge < -0.3 is 15.7 Å². The van der Waals surface area contributed by atoms with Gasteiger partial charge in [0.15, 0.2) is 0 Å². The molecule has 0 aliphatic carbocycles. The summed E-state index contributed by atoms with van der Waals surface area (Å²) in [5, 5.41) is 13.8. The van der Waals surface area contributed by atoms with E-state index < -0.39 is 23.5 Å². The number of nitrogens with one attached hydrogen (secondary N) is 2. The average molecular weight is 226 g/mol. The van der Waals surface area contributed by atoms with Gasteiger partial charge in [-0.2, -0.15) is 0 Å². The zero-order valence-electron chi connectivity index (χ0n) is 10.0. The summed E-state index contributed by atoms with van der Waals surface area (Å²) in [6.07, 6.45) is 0. The topological polar surface area (TPSA) is 78.4 Å². The molecule has 1 atom stereocenters. The Bertz CT molecular complexity index is 320. The van der Waals surface area contributed by atoms with Gasteiger partial charge >= 0.3 is 12.0 Å². The van der Waals surface area contributed by atoms with Crippen molar-refractivity contribution in [3.8, 4) is 11.8 Å². The molecule has 2 amide bonds. The second-order valence-corrected chi connectivity index (χ2v) is 4.39. The van der Waals surface area contributed by atoms with E-state index in [0.717, 1.165) is 0 Å². The van der Waals surface area contributed by atoms with Crippen molar-refractivity contribution in [1.29, 1.82) is 0 Å². The number of hydrogen-bond acceptors (Lipinski definition) is 2. The van der Waals surface area contributed by atoms with E-state index >= 15 is 0 Å². The molecule has 0 rings (SSSR count). The molecular weight excluding hydrogens is 208 g/mol. The number of rotatable bonds is 3. The third kappa shape index (κ3) is 5.25. The van der Waals surface area contributed by atoms with Crippen molar-refractivity contribution in [2.45, 2.75) is 33.7 Å². The highest BCUT2D eigenvalue weighted by atomic mass is 16.4. The Hall–Kier alpha value is -1.70. The number of aliphatic carboxylic acids is 1. The number of carboxylic acid groups (broad SMARTS) is 1. The lowest BCUT2D eigenvalue weighted by atomic mass is 9.87. The SMILES string of the molecule is CC#CCNC(=O)N[C@H](C(=O)O)C(C)(C)C. The molecule has 90 valence electrons. The quantitative estimate of drug-likeness (QED) is 0.623. The first-order valence-corrected chi connectivity index (χ1v) is 4.95. The van der Waals surface area contributed by atoms with Gasteiger partial charge in [0.1, 0.15) is 6.04 Å². The fourth-order valence-corrected chi connectivity index (χ4v) is 1.04. The molecule has 0 aromatic heterocycles. The highest BCUT2D eigenvalue weighted by molar-refractivity contribution is 5.83. The molecule has 0 saturated heterocycles. The first-order valence-electron chi connectivity index (χ1n) is 4.95. The second-order valence-electron chi connectivity index (χ2n) is 4.39. The van der Waals surface area contributed by atoms with E-state index in [-0.39, 0.29) is 6.54 Å². The fraction of sp³-hybridized carbons (Fsp3) is 0.636. The van der Waals surface area contributed by atoms with Gasteiger partial charge in [0, 0.05) is 0 Å². The maximum atomic E-state index is 11.3. The van der Waals surface area contributed by atoms with Crippen molar-refractivity contribution < 1.29 is 14.7 Å². The molecule has 0 aromatic carbocycles. The molecule has 0 radical (unpaired) electrons. The van der Waals surface area contributed by atoms with Crippen molar-refractivity contribution >= 4 is 12.0 Å². The van der Waals surface area contributed by atoms with Crippen LogP contribution in [-0.2, 0) is 4.79 Å². The minimum absolute atomic E-state index is 0.207. The summed E-state index contributed by atoms with van der Waals surface area (Å²) in [6, 6.07) is -1.45. The summed E-state index contributed by atoms with van der Waals surface area (Å²) in [5.74, 6) is 4.22.